The standard InChI is InChI=1S/C11H17N3OS/c1-8(4-6-16-2)14-9-3-5-13-10(7-9)11(12)15/h3,5,7-8H,4,6H2,1-2H3,(H2,12,15)(H,13,14). The normalized spacial score (nSPS) is 12.1. The maximum absolute atomic E-state index is 10.9. The topological polar surface area (TPSA) is 68.0 Å². The number of pyridine rings is 1. The van der Waals surface area contributed by atoms with Crippen molar-refractivity contribution in [3.05, 3.63) is 24.0 Å². The minimum absolute atomic E-state index is 0.294. The fourth-order valence-electron chi connectivity index (χ4n) is 1.31. The van der Waals surface area contributed by atoms with Crippen LogP contribution in [0.25, 0.3) is 0 Å². The SMILES string of the molecule is CSCCC(C)Nc1ccnc(C(N)=O)c1. The van der Waals surface area contributed by atoms with Gasteiger partial charge in [-0.25, -0.2) is 0 Å². The van der Waals surface area contributed by atoms with E-state index in [-0.39, 0.29) is 0 Å². The lowest BCUT2D eigenvalue weighted by Crippen LogP contribution is -2.17. The number of thioether (sulfide) groups is 1. The van der Waals surface area contributed by atoms with Crippen molar-refractivity contribution in [2.24, 2.45) is 5.73 Å². The van der Waals surface area contributed by atoms with Crippen LogP contribution in [0.15, 0.2) is 18.3 Å². The third kappa shape index (κ3) is 4.10. The first-order valence-electron chi connectivity index (χ1n) is 5.15. The van der Waals surface area contributed by atoms with Crippen LogP contribution in [-0.4, -0.2) is 28.9 Å². The summed E-state index contributed by atoms with van der Waals surface area (Å²) < 4.78 is 0. The molecule has 16 heavy (non-hydrogen) atoms. The zero-order valence-corrected chi connectivity index (χ0v) is 10.4. The van der Waals surface area contributed by atoms with E-state index in [1.54, 1.807) is 12.3 Å². The molecule has 0 spiro atoms. The highest BCUT2D eigenvalue weighted by molar-refractivity contribution is 7.98. The monoisotopic (exact) mass is 239 g/mol. The van der Waals surface area contributed by atoms with Gasteiger partial charge in [-0.05, 0) is 37.5 Å². The lowest BCUT2D eigenvalue weighted by atomic mass is 10.2. The molecule has 0 bridgehead atoms. The van der Waals surface area contributed by atoms with Crippen molar-refractivity contribution >= 4 is 23.4 Å². The second-order valence-corrected chi connectivity index (χ2v) is 4.61. The molecule has 1 aromatic heterocycles. The van der Waals surface area contributed by atoms with Gasteiger partial charge in [0.25, 0.3) is 5.91 Å². The summed E-state index contributed by atoms with van der Waals surface area (Å²) in [6.07, 6.45) is 4.75. The van der Waals surface area contributed by atoms with Gasteiger partial charge in [0, 0.05) is 17.9 Å². The number of hydrogen-bond acceptors (Lipinski definition) is 4. The van der Waals surface area contributed by atoms with Crippen molar-refractivity contribution < 1.29 is 4.79 Å². The maximum atomic E-state index is 10.9. The molecule has 3 N–H and O–H groups in total. The van der Waals surface area contributed by atoms with E-state index in [0.717, 1.165) is 17.9 Å². The zero-order chi connectivity index (χ0) is 12.0. The van der Waals surface area contributed by atoms with Crippen molar-refractivity contribution in [3.8, 4) is 0 Å². The fourth-order valence-corrected chi connectivity index (χ4v) is 1.90. The second-order valence-electron chi connectivity index (χ2n) is 3.62. The Labute approximate surface area is 100 Å². The van der Waals surface area contributed by atoms with Gasteiger partial charge in [0.2, 0.25) is 0 Å². The largest absolute Gasteiger partial charge is 0.382 e. The van der Waals surface area contributed by atoms with E-state index < -0.39 is 5.91 Å². The smallest absolute Gasteiger partial charge is 0.267 e. The van der Waals surface area contributed by atoms with Crippen LogP contribution < -0.4 is 11.1 Å². The Kier molecular flexibility index (Phi) is 5.11. The second kappa shape index (κ2) is 6.37. The van der Waals surface area contributed by atoms with Crippen molar-refractivity contribution in [2.45, 2.75) is 19.4 Å². The average Bonchev–Trinajstić information content (AvgIpc) is 2.26. The quantitative estimate of drug-likeness (QED) is 0.793. The summed E-state index contributed by atoms with van der Waals surface area (Å²) in [5.41, 5.74) is 6.34. The van der Waals surface area contributed by atoms with Crippen LogP contribution in [0.1, 0.15) is 23.8 Å². The first kappa shape index (κ1) is 12.8. The fraction of sp³-hybridized carbons (Fsp3) is 0.455. The van der Waals surface area contributed by atoms with Crippen LogP contribution in [0, 0.1) is 0 Å². The first-order valence-corrected chi connectivity index (χ1v) is 6.54. The molecule has 1 unspecified atom stereocenters. The van der Waals surface area contributed by atoms with Gasteiger partial charge in [-0.1, -0.05) is 0 Å². The number of amides is 1. The van der Waals surface area contributed by atoms with Crippen LogP contribution in [0.3, 0.4) is 0 Å². The molecule has 0 aliphatic heterocycles. The molecule has 1 heterocycles. The van der Waals surface area contributed by atoms with Gasteiger partial charge >= 0.3 is 0 Å². The Morgan fingerprint density at radius 3 is 3.06 bits per heavy atom. The maximum Gasteiger partial charge on any atom is 0.267 e. The van der Waals surface area contributed by atoms with E-state index in [4.69, 9.17) is 5.73 Å². The predicted octanol–water partition coefficient (Wildman–Crippen LogP) is 1.73. The van der Waals surface area contributed by atoms with Crippen molar-refractivity contribution in [1.82, 2.24) is 4.98 Å². The number of nitrogens with one attached hydrogen (secondary N) is 1. The minimum atomic E-state index is -0.500. The van der Waals surface area contributed by atoms with Crippen molar-refractivity contribution in [2.75, 3.05) is 17.3 Å². The molecule has 0 aliphatic carbocycles. The number of carbonyl (C=O) groups excluding carboxylic acids is 1. The number of nitrogens with two attached hydrogens (primary N) is 1. The first-order chi connectivity index (χ1) is 7.63. The summed E-state index contributed by atoms with van der Waals surface area (Å²) >= 11 is 1.82. The Bertz CT molecular complexity index is 357. The van der Waals surface area contributed by atoms with Crippen LogP contribution in [0.5, 0.6) is 0 Å². The molecule has 0 aromatic carbocycles. The van der Waals surface area contributed by atoms with Crippen LogP contribution in [-0.2, 0) is 0 Å². The van der Waals surface area contributed by atoms with E-state index >= 15 is 0 Å². The molecule has 0 saturated heterocycles. The molecule has 5 heteroatoms. The molecule has 88 valence electrons. The Morgan fingerprint density at radius 2 is 2.44 bits per heavy atom. The van der Waals surface area contributed by atoms with Gasteiger partial charge in [0.1, 0.15) is 5.69 Å². The summed E-state index contributed by atoms with van der Waals surface area (Å²) in [6.45, 7) is 2.11. The molecule has 0 saturated carbocycles. The van der Waals surface area contributed by atoms with E-state index in [0.29, 0.717) is 11.7 Å². The van der Waals surface area contributed by atoms with Gasteiger partial charge in [-0.15, -0.1) is 0 Å². The number of carbonyl (C=O) groups is 1. The van der Waals surface area contributed by atoms with Gasteiger partial charge in [0.05, 0.1) is 0 Å². The summed E-state index contributed by atoms with van der Waals surface area (Å²) in [4.78, 5) is 14.8. The lowest BCUT2D eigenvalue weighted by Gasteiger charge is -2.14. The Balaban J connectivity index is 2.59. The van der Waals surface area contributed by atoms with Crippen molar-refractivity contribution in [3.63, 3.8) is 0 Å². The van der Waals surface area contributed by atoms with Gasteiger partial charge in [-0.2, -0.15) is 11.8 Å². The number of anilines is 1. The number of rotatable bonds is 6. The van der Waals surface area contributed by atoms with Crippen LogP contribution in [0.4, 0.5) is 5.69 Å². The average molecular weight is 239 g/mol. The number of nitrogens with zero attached hydrogens (tertiary/aromatic N) is 1. The highest BCUT2D eigenvalue weighted by Gasteiger charge is 2.05. The molecule has 1 atom stereocenters. The molecular formula is C11H17N3OS. The predicted molar refractivity (Wildman–Crippen MR) is 68.8 cm³/mol. The molecular weight excluding hydrogens is 222 g/mol. The zero-order valence-electron chi connectivity index (χ0n) is 9.56. The highest BCUT2D eigenvalue weighted by atomic mass is 32.2. The van der Waals surface area contributed by atoms with E-state index in [1.165, 1.54) is 0 Å². The van der Waals surface area contributed by atoms with Crippen LogP contribution in [0.2, 0.25) is 0 Å². The van der Waals surface area contributed by atoms with Crippen LogP contribution >= 0.6 is 11.8 Å². The lowest BCUT2D eigenvalue weighted by molar-refractivity contribution is 0.0995. The number of aromatic nitrogens is 1. The highest BCUT2D eigenvalue weighted by Crippen LogP contribution is 2.11. The summed E-state index contributed by atoms with van der Waals surface area (Å²) in [7, 11) is 0. The van der Waals surface area contributed by atoms with E-state index in [9.17, 15) is 4.79 Å². The number of primary amides is 1. The summed E-state index contributed by atoms with van der Waals surface area (Å²) in [5, 5.41) is 3.31. The van der Waals surface area contributed by atoms with E-state index in [2.05, 4.69) is 23.5 Å². The van der Waals surface area contributed by atoms with Gasteiger partial charge < -0.3 is 11.1 Å². The van der Waals surface area contributed by atoms with Gasteiger partial charge in [0.15, 0.2) is 0 Å². The molecule has 1 amide bonds. The molecule has 0 radical (unpaired) electrons. The minimum Gasteiger partial charge on any atom is -0.382 e. The Hall–Kier alpha value is -1.23. The third-order valence-corrected chi connectivity index (χ3v) is 2.82. The van der Waals surface area contributed by atoms with Gasteiger partial charge in [-0.3, -0.25) is 9.78 Å². The summed E-state index contributed by atoms with van der Waals surface area (Å²) in [5.74, 6) is 0.613. The Morgan fingerprint density at radius 1 is 1.69 bits per heavy atom. The molecule has 1 rings (SSSR count). The summed E-state index contributed by atoms with van der Waals surface area (Å²) in [6, 6.07) is 3.88. The number of hydrogen-bond donors (Lipinski definition) is 2. The molecule has 4 nitrogen and oxygen atoms in total. The third-order valence-electron chi connectivity index (χ3n) is 2.18. The molecule has 0 fully saturated rings. The van der Waals surface area contributed by atoms with Crippen molar-refractivity contribution in [1.29, 1.82) is 0 Å². The molecule has 1 aromatic rings. The van der Waals surface area contributed by atoms with E-state index in [1.807, 2.05) is 17.8 Å². The molecule has 0 aliphatic rings.